The van der Waals surface area contributed by atoms with Crippen LogP contribution in [0.5, 0.6) is 0 Å². The fraction of sp³-hybridized carbons (Fsp3) is 1.00. The molecule has 3 aliphatic carbocycles. The van der Waals surface area contributed by atoms with E-state index >= 15 is 0 Å². The van der Waals surface area contributed by atoms with E-state index < -0.39 is 9.84 Å². The highest BCUT2D eigenvalue weighted by Crippen LogP contribution is 2.56. The van der Waals surface area contributed by atoms with Crippen molar-refractivity contribution in [3.05, 3.63) is 0 Å². The Kier molecular flexibility index (Phi) is 1.74. The molecule has 3 saturated carbocycles. The molecule has 3 rings (SSSR count). The summed E-state index contributed by atoms with van der Waals surface area (Å²) in [5.74, 6) is 1.23. The second-order valence-corrected chi connectivity index (χ2v) is 6.58. The van der Waals surface area contributed by atoms with Gasteiger partial charge in [-0.1, -0.05) is 0 Å². The van der Waals surface area contributed by atoms with Crippen molar-refractivity contribution in [1.29, 1.82) is 0 Å². The SMILES string of the molecule is CS(=O)(=O)CCNC12CC(C1)C2. The van der Waals surface area contributed by atoms with Crippen molar-refractivity contribution >= 4 is 9.84 Å². The highest BCUT2D eigenvalue weighted by molar-refractivity contribution is 7.90. The normalized spacial score (nSPS) is 38.6. The topological polar surface area (TPSA) is 46.2 Å². The van der Waals surface area contributed by atoms with Crippen LogP contribution >= 0.6 is 0 Å². The average molecular weight is 189 g/mol. The molecule has 12 heavy (non-hydrogen) atoms. The molecule has 0 aromatic heterocycles. The smallest absolute Gasteiger partial charge is 0.148 e. The van der Waals surface area contributed by atoms with E-state index in [4.69, 9.17) is 0 Å². The Hall–Kier alpha value is -0.0900. The van der Waals surface area contributed by atoms with Gasteiger partial charge in [-0.3, -0.25) is 0 Å². The summed E-state index contributed by atoms with van der Waals surface area (Å²) in [4.78, 5) is 0. The zero-order chi connectivity index (χ0) is 8.82. The van der Waals surface area contributed by atoms with Gasteiger partial charge in [0.1, 0.15) is 9.84 Å². The van der Waals surface area contributed by atoms with Crippen LogP contribution in [-0.2, 0) is 9.84 Å². The Labute approximate surface area is 73.5 Å². The summed E-state index contributed by atoms with van der Waals surface area (Å²) in [6.07, 6.45) is 5.11. The van der Waals surface area contributed by atoms with E-state index in [-0.39, 0.29) is 5.75 Å². The van der Waals surface area contributed by atoms with Gasteiger partial charge in [-0.05, 0) is 25.2 Å². The monoisotopic (exact) mass is 189 g/mol. The first-order valence-corrected chi connectivity index (χ1v) is 6.48. The molecule has 0 spiro atoms. The van der Waals surface area contributed by atoms with Gasteiger partial charge < -0.3 is 5.32 Å². The number of nitrogens with one attached hydrogen (secondary N) is 1. The average Bonchev–Trinajstić information content (AvgIpc) is 1.69. The molecule has 0 unspecified atom stereocenters. The summed E-state index contributed by atoms with van der Waals surface area (Å²) in [7, 11) is -2.78. The Morgan fingerprint density at radius 2 is 2.00 bits per heavy atom. The summed E-state index contributed by atoms with van der Waals surface area (Å²) >= 11 is 0. The maximum absolute atomic E-state index is 10.8. The number of hydrogen-bond donors (Lipinski definition) is 1. The maximum atomic E-state index is 10.8. The number of sulfone groups is 1. The highest BCUT2D eigenvalue weighted by atomic mass is 32.2. The minimum absolute atomic E-state index is 0.277. The minimum Gasteiger partial charge on any atom is -0.310 e. The molecular formula is C8H15NO2S. The van der Waals surface area contributed by atoms with Crippen molar-refractivity contribution < 1.29 is 8.42 Å². The molecule has 3 aliphatic rings. The van der Waals surface area contributed by atoms with Crippen LogP contribution in [0.3, 0.4) is 0 Å². The van der Waals surface area contributed by atoms with E-state index in [9.17, 15) is 8.42 Å². The minimum atomic E-state index is -2.78. The second-order valence-electron chi connectivity index (χ2n) is 4.32. The molecule has 0 aromatic carbocycles. The Bertz CT molecular complexity index is 266. The predicted molar refractivity (Wildman–Crippen MR) is 47.8 cm³/mol. The van der Waals surface area contributed by atoms with Gasteiger partial charge in [0.25, 0.3) is 0 Å². The lowest BCUT2D eigenvalue weighted by Crippen LogP contribution is -2.67. The zero-order valence-corrected chi connectivity index (χ0v) is 8.15. The molecule has 0 atom stereocenters. The van der Waals surface area contributed by atoms with Crippen LogP contribution in [0.25, 0.3) is 0 Å². The lowest BCUT2D eigenvalue weighted by Gasteiger charge is -2.62. The number of rotatable bonds is 4. The van der Waals surface area contributed by atoms with Crippen molar-refractivity contribution in [2.75, 3.05) is 18.6 Å². The third-order valence-electron chi connectivity index (χ3n) is 3.01. The van der Waals surface area contributed by atoms with Crippen LogP contribution in [0.15, 0.2) is 0 Å². The van der Waals surface area contributed by atoms with Crippen molar-refractivity contribution in [1.82, 2.24) is 5.32 Å². The van der Waals surface area contributed by atoms with Gasteiger partial charge >= 0.3 is 0 Å². The molecule has 3 fully saturated rings. The Morgan fingerprint density at radius 3 is 2.33 bits per heavy atom. The van der Waals surface area contributed by atoms with Gasteiger partial charge in [-0.25, -0.2) is 8.42 Å². The van der Waals surface area contributed by atoms with Gasteiger partial charge in [0.15, 0.2) is 0 Å². The molecule has 3 nitrogen and oxygen atoms in total. The third-order valence-corrected chi connectivity index (χ3v) is 3.96. The summed E-state index contributed by atoms with van der Waals surface area (Å²) in [6.45, 7) is 0.631. The molecule has 2 bridgehead atoms. The van der Waals surface area contributed by atoms with E-state index in [1.807, 2.05) is 0 Å². The van der Waals surface area contributed by atoms with Crippen LogP contribution in [0.4, 0.5) is 0 Å². The van der Waals surface area contributed by atoms with Crippen LogP contribution in [-0.4, -0.2) is 32.5 Å². The fourth-order valence-corrected chi connectivity index (χ4v) is 2.67. The molecule has 0 radical (unpaired) electrons. The first-order chi connectivity index (χ1) is 5.49. The predicted octanol–water partition coefficient (Wildman–Crippen LogP) is 0.173. The Balaban J connectivity index is 1.69. The molecule has 4 heteroatoms. The van der Waals surface area contributed by atoms with Gasteiger partial charge in [0.2, 0.25) is 0 Å². The molecular weight excluding hydrogens is 174 g/mol. The molecule has 0 aromatic rings. The van der Waals surface area contributed by atoms with Crippen LogP contribution in [0, 0.1) is 5.92 Å². The Morgan fingerprint density at radius 1 is 1.42 bits per heavy atom. The highest BCUT2D eigenvalue weighted by Gasteiger charge is 2.55. The first kappa shape index (κ1) is 8.51. The molecule has 0 saturated heterocycles. The quantitative estimate of drug-likeness (QED) is 0.686. The van der Waals surface area contributed by atoms with E-state index in [0.29, 0.717) is 12.1 Å². The molecule has 0 heterocycles. The summed E-state index contributed by atoms with van der Waals surface area (Å²) in [5, 5.41) is 3.34. The van der Waals surface area contributed by atoms with Gasteiger partial charge in [-0.2, -0.15) is 0 Å². The third kappa shape index (κ3) is 1.50. The van der Waals surface area contributed by atoms with E-state index in [0.717, 1.165) is 5.92 Å². The molecule has 0 amide bonds. The summed E-state index contributed by atoms with van der Waals surface area (Å²) < 4.78 is 21.6. The van der Waals surface area contributed by atoms with E-state index in [1.54, 1.807) is 0 Å². The van der Waals surface area contributed by atoms with Crippen molar-refractivity contribution in [2.45, 2.75) is 24.8 Å². The lowest BCUT2D eigenvalue weighted by molar-refractivity contribution is -0.0489. The van der Waals surface area contributed by atoms with Crippen LogP contribution < -0.4 is 5.32 Å². The maximum Gasteiger partial charge on any atom is 0.148 e. The fourth-order valence-electron chi connectivity index (χ4n) is 2.20. The first-order valence-electron chi connectivity index (χ1n) is 4.42. The molecule has 1 N–H and O–H groups in total. The van der Waals surface area contributed by atoms with Crippen LogP contribution in [0.2, 0.25) is 0 Å². The standard InChI is InChI=1S/C8H15NO2S/c1-12(10,11)3-2-9-8-4-7(5-8)6-8/h7,9H,2-6H2,1H3. The second kappa shape index (κ2) is 2.45. The summed E-state index contributed by atoms with van der Waals surface area (Å²) in [6, 6.07) is 0. The molecule has 0 aliphatic heterocycles. The van der Waals surface area contributed by atoms with E-state index in [1.165, 1.54) is 25.5 Å². The zero-order valence-electron chi connectivity index (χ0n) is 7.34. The van der Waals surface area contributed by atoms with Gasteiger partial charge in [-0.15, -0.1) is 0 Å². The van der Waals surface area contributed by atoms with Crippen molar-refractivity contribution in [3.63, 3.8) is 0 Å². The summed E-state index contributed by atoms with van der Waals surface area (Å²) in [5.41, 5.74) is 0.370. The van der Waals surface area contributed by atoms with Gasteiger partial charge in [0, 0.05) is 18.3 Å². The van der Waals surface area contributed by atoms with E-state index in [2.05, 4.69) is 5.32 Å². The van der Waals surface area contributed by atoms with Gasteiger partial charge in [0.05, 0.1) is 5.75 Å². The van der Waals surface area contributed by atoms with Crippen molar-refractivity contribution in [2.24, 2.45) is 5.92 Å². The lowest BCUT2D eigenvalue weighted by atomic mass is 9.50. The molecule has 70 valence electrons. The number of hydrogen-bond acceptors (Lipinski definition) is 3. The largest absolute Gasteiger partial charge is 0.310 e. The van der Waals surface area contributed by atoms with Crippen molar-refractivity contribution in [3.8, 4) is 0 Å². The van der Waals surface area contributed by atoms with Crippen LogP contribution in [0.1, 0.15) is 19.3 Å².